The van der Waals surface area contributed by atoms with Gasteiger partial charge in [-0.25, -0.2) is 0 Å². The molecular formula is C8H15N3O. The third kappa shape index (κ3) is 5.71. The quantitative estimate of drug-likeness (QED) is 0.499. The molecule has 0 aromatic carbocycles. The molecule has 0 aliphatic carbocycles. The topological polar surface area (TPSA) is 58.4 Å². The van der Waals surface area contributed by atoms with Gasteiger partial charge in [-0.05, 0) is 7.05 Å². The lowest BCUT2D eigenvalue weighted by Crippen LogP contribution is -2.37. The molecule has 68 valence electrons. The standard InChI is InChI=1S/C8H15N3O/c1-3-5-10-8(12)7-11(2)6-4-9/h1H,4-7,9H2,2H3,(H,10,12). The number of nitrogens with one attached hydrogen (secondary N) is 1. The Morgan fingerprint density at radius 1 is 1.75 bits per heavy atom. The Kier molecular flexibility index (Phi) is 6.07. The van der Waals surface area contributed by atoms with E-state index < -0.39 is 0 Å². The minimum Gasteiger partial charge on any atom is -0.344 e. The highest BCUT2D eigenvalue weighted by Crippen LogP contribution is 1.78. The summed E-state index contributed by atoms with van der Waals surface area (Å²) in [6, 6.07) is 0. The van der Waals surface area contributed by atoms with Crippen molar-refractivity contribution in [2.24, 2.45) is 5.73 Å². The minimum absolute atomic E-state index is 0.0658. The maximum absolute atomic E-state index is 11.0. The lowest BCUT2D eigenvalue weighted by molar-refractivity contribution is -0.121. The fourth-order valence-electron chi connectivity index (χ4n) is 0.750. The van der Waals surface area contributed by atoms with Crippen molar-refractivity contribution in [3.63, 3.8) is 0 Å². The lowest BCUT2D eigenvalue weighted by Gasteiger charge is -2.13. The third-order valence-electron chi connectivity index (χ3n) is 1.31. The summed E-state index contributed by atoms with van der Waals surface area (Å²) in [5.74, 6) is 2.26. The first-order valence-electron chi connectivity index (χ1n) is 3.79. The number of nitrogens with zero attached hydrogens (tertiary/aromatic N) is 1. The van der Waals surface area contributed by atoms with Crippen LogP contribution < -0.4 is 11.1 Å². The molecule has 4 heteroatoms. The van der Waals surface area contributed by atoms with E-state index in [2.05, 4.69) is 11.2 Å². The predicted molar refractivity (Wildman–Crippen MR) is 48.4 cm³/mol. The number of carbonyl (C=O) groups excluding carboxylic acids is 1. The van der Waals surface area contributed by atoms with Gasteiger partial charge in [0.1, 0.15) is 0 Å². The third-order valence-corrected chi connectivity index (χ3v) is 1.31. The molecule has 0 aliphatic rings. The number of nitrogens with two attached hydrogens (primary N) is 1. The number of carbonyl (C=O) groups is 1. The van der Waals surface area contributed by atoms with Gasteiger partial charge >= 0.3 is 0 Å². The van der Waals surface area contributed by atoms with E-state index in [1.54, 1.807) is 0 Å². The van der Waals surface area contributed by atoms with Gasteiger partial charge in [0.05, 0.1) is 13.1 Å². The summed E-state index contributed by atoms with van der Waals surface area (Å²) in [6.45, 7) is 1.90. The first-order valence-corrected chi connectivity index (χ1v) is 3.79. The van der Waals surface area contributed by atoms with Crippen molar-refractivity contribution in [2.75, 3.05) is 33.2 Å². The smallest absolute Gasteiger partial charge is 0.234 e. The van der Waals surface area contributed by atoms with Gasteiger partial charge in [-0.15, -0.1) is 6.42 Å². The highest BCUT2D eigenvalue weighted by molar-refractivity contribution is 5.78. The highest BCUT2D eigenvalue weighted by atomic mass is 16.1. The Bertz CT molecular complexity index is 174. The fraction of sp³-hybridized carbons (Fsp3) is 0.625. The summed E-state index contributed by atoms with van der Waals surface area (Å²) >= 11 is 0. The second-order valence-corrected chi connectivity index (χ2v) is 2.51. The van der Waals surface area contributed by atoms with Crippen molar-refractivity contribution < 1.29 is 4.79 Å². The molecule has 0 heterocycles. The molecule has 0 aromatic heterocycles. The highest BCUT2D eigenvalue weighted by Gasteiger charge is 2.03. The van der Waals surface area contributed by atoms with Gasteiger partial charge in [0.15, 0.2) is 0 Å². The van der Waals surface area contributed by atoms with Crippen molar-refractivity contribution in [2.45, 2.75) is 0 Å². The van der Waals surface area contributed by atoms with Crippen LogP contribution in [0, 0.1) is 12.3 Å². The van der Waals surface area contributed by atoms with Crippen LogP contribution in [0.3, 0.4) is 0 Å². The summed E-state index contributed by atoms with van der Waals surface area (Å²) in [5.41, 5.74) is 5.30. The number of amides is 1. The van der Waals surface area contributed by atoms with E-state index in [9.17, 15) is 4.79 Å². The van der Waals surface area contributed by atoms with E-state index in [0.717, 1.165) is 0 Å². The van der Waals surface area contributed by atoms with Crippen molar-refractivity contribution in [1.29, 1.82) is 0 Å². The van der Waals surface area contributed by atoms with E-state index in [1.807, 2.05) is 11.9 Å². The average Bonchev–Trinajstić information content (AvgIpc) is 2.01. The van der Waals surface area contributed by atoms with E-state index in [4.69, 9.17) is 12.2 Å². The molecule has 0 unspecified atom stereocenters. The van der Waals surface area contributed by atoms with E-state index in [1.165, 1.54) is 0 Å². The first-order chi connectivity index (χ1) is 5.70. The zero-order chi connectivity index (χ0) is 9.40. The molecule has 0 atom stereocenters. The summed E-state index contributed by atoms with van der Waals surface area (Å²) < 4.78 is 0. The Labute approximate surface area is 73.1 Å². The molecule has 0 saturated heterocycles. The van der Waals surface area contributed by atoms with Crippen molar-refractivity contribution in [1.82, 2.24) is 10.2 Å². The van der Waals surface area contributed by atoms with Crippen molar-refractivity contribution in [3.8, 4) is 12.3 Å². The maximum atomic E-state index is 11.0. The van der Waals surface area contributed by atoms with Crippen LogP contribution in [0.5, 0.6) is 0 Å². The number of hydrogen-bond acceptors (Lipinski definition) is 3. The largest absolute Gasteiger partial charge is 0.344 e. The fourth-order valence-corrected chi connectivity index (χ4v) is 0.750. The Hall–Kier alpha value is -1.05. The molecule has 1 amide bonds. The summed E-state index contributed by atoms with van der Waals surface area (Å²) in [6.07, 6.45) is 4.97. The summed E-state index contributed by atoms with van der Waals surface area (Å²) in [4.78, 5) is 12.8. The molecule has 0 radical (unpaired) electrons. The van der Waals surface area contributed by atoms with Crippen molar-refractivity contribution >= 4 is 5.91 Å². The number of hydrogen-bond donors (Lipinski definition) is 2. The Morgan fingerprint density at radius 3 is 2.92 bits per heavy atom. The average molecular weight is 169 g/mol. The van der Waals surface area contributed by atoms with Crippen LogP contribution >= 0.6 is 0 Å². The summed E-state index contributed by atoms with van der Waals surface area (Å²) in [5, 5.41) is 2.56. The second-order valence-electron chi connectivity index (χ2n) is 2.51. The van der Waals surface area contributed by atoms with Gasteiger partial charge in [-0.3, -0.25) is 9.69 Å². The van der Waals surface area contributed by atoms with E-state index in [-0.39, 0.29) is 12.5 Å². The molecule has 0 aliphatic heterocycles. The van der Waals surface area contributed by atoms with Gasteiger partial charge in [0.2, 0.25) is 5.91 Å². The lowest BCUT2D eigenvalue weighted by atomic mass is 10.4. The van der Waals surface area contributed by atoms with Crippen LogP contribution in [0.4, 0.5) is 0 Å². The van der Waals surface area contributed by atoms with Crippen LogP contribution in [0.25, 0.3) is 0 Å². The zero-order valence-electron chi connectivity index (χ0n) is 7.34. The minimum atomic E-state index is -0.0658. The van der Waals surface area contributed by atoms with Gasteiger partial charge in [0, 0.05) is 13.1 Å². The monoisotopic (exact) mass is 169 g/mol. The Balaban J connectivity index is 3.48. The normalized spacial score (nSPS) is 9.50. The van der Waals surface area contributed by atoms with Crippen LogP contribution in [-0.2, 0) is 4.79 Å². The molecule has 0 rings (SSSR count). The van der Waals surface area contributed by atoms with Crippen LogP contribution in [0.1, 0.15) is 0 Å². The summed E-state index contributed by atoms with van der Waals surface area (Å²) in [7, 11) is 1.84. The van der Waals surface area contributed by atoms with Gasteiger partial charge < -0.3 is 11.1 Å². The number of likely N-dealkylation sites (N-methyl/N-ethyl adjacent to an activating group) is 1. The molecule has 12 heavy (non-hydrogen) atoms. The van der Waals surface area contributed by atoms with Crippen LogP contribution in [-0.4, -0.2) is 44.0 Å². The molecular weight excluding hydrogens is 154 g/mol. The van der Waals surface area contributed by atoms with E-state index >= 15 is 0 Å². The zero-order valence-corrected chi connectivity index (χ0v) is 7.34. The Morgan fingerprint density at radius 2 is 2.42 bits per heavy atom. The van der Waals surface area contributed by atoms with E-state index in [0.29, 0.717) is 19.6 Å². The second kappa shape index (κ2) is 6.65. The molecule has 0 saturated carbocycles. The number of terminal acetylenes is 1. The van der Waals surface area contributed by atoms with Crippen LogP contribution in [0.2, 0.25) is 0 Å². The first kappa shape index (κ1) is 11.0. The van der Waals surface area contributed by atoms with Gasteiger partial charge in [0.25, 0.3) is 0 Å². The number of rotatable bonds is 5. The van der Waals surface area contributed by atoms with Crippen LogP contribution in [0.15, 0.2) is 0 Å². The predicted octanol–water partition coefficient (Wildman–Crippen LogP) is -1.37. The van der Waals surface area contributed by atoms with Gasteiger partial charge in [-0.1, -0.05) is 5.92 Å². The van der Waals surface area contributed by atoms with Gasteiger partial charge in [-0.2, -0.15) is 0 Å². The molecule has 0 fully saturated rings. The molecule has 0 spiro atoms. The molecule has 3 N–H and O–H groups in total. The molecule has 0 bridgehead atoms. The molecule has 0 aromatic rings. The van der Waals surface area contributed by atoms with Crippen molar-refractivity contribution in [3.05, 3.63) is 0 Å². The molecule has 4 nitrogen and oxygen atoms in total. The maximum Gasteiger partial charge on any atom is 0.234 e. The SMILES string of the molecule is C#CCNC(=O)CN(C)CCN.